The minimum atomic E-state index is -0.161. The lowest BCUT2D eigenvalue weighted by Crippen LogP contribution is -2.58. The standard InChI is InChI=1S/C14H14Cl2N4OS/c1-8-2-3-9(4-11(8)15)18-10-6-20(7-10)14(21)19-13-17-5-12(16)22-13/h2-5,10,18H,6-7H2,1H3,(H,17,19,21). The summed E-state index contributed by atoms with van der Waals surface area (Å²) in [5, 5.41) is 7.33. The number of halogens is 2. The Bertz CT molecular complexity index is 700. The van der Waals surface area contributed by atoms with Gasteiger partial charge in [-0.25, -0.2) is 9.78 Å². The van der Waals surface area contributed by atoms with E-state index in [2.05, 4.69) is 15.6 Å². The number of carbonyl (C=O) groups excluding carboxylic acids is 1. The highest BCUT2D eigenvalue weighted by molar-refractivity contribution is 7.19. The van der Waals surface area contributed by atoms with Gasteiger partial charge in [-0.2, -0.15) is 0 Å². The summed E-state index contributed by atoms with van der Waals surface area (Å²) in [6.07, 6.45) is 1.52. The molecule has 5 nitrogen and oxygen atoms in total. The van der Waals surface area contributed by atoms with Gasteiger partial charge >= 0.3 is 6.03 Å². The van der Waals surface area contributed by atoms with E-state index < -0.39 is 0 Å². The van der Waals surface area contributed by atoms with Crippen molar-refractivity contribution in [3.05, 3.63) is 39.3 Å². The number of anilines is 2. The third kappa shape index (κ3) is 3.45. The molecule has 116 valence electrons. The molecule has 0 radical (unpaired) electrons. The molecule has 1 aliphatic heterocycles. The van der Waals surface area contributed by atoms with Gasteiger partial charge in [0, 0.05) is 23.8 Å². The molecule has 0 spiro atoms. The van der Waals surface area contributed by atoms with Gasteiger partial charge in [0.05, 0.1) is 12.2 Å². The summed E-state index contributed by atoms with van der Waals surface area (Å²) in [7, 11) is 0. The maximum absolute atomic E-state index is 12.0. The molecule has 1 aromatic heterocycles. The van der Waals surface area contributed by atoms with Gasteiger partial charge in [0.25, 0.3) is 0 Å². The second-order valence-electron chi connectivity index (χ2n) is 5.11. The highest BCUT2D eigenvalue weighted by atomic mass is 35.5. The van der Waals surface area contributed by atoms with Crippen LogP contribution in [0.5, 0.6) is 0 Å². The number of aryl methyl sites for hydroxylation is 1. The lowest BCUT2D eigenvalue weighted by Gasteiger charge is -2.39. The van der Waals surface area contributed by atoms with E-state index in [-0.39, 0.29) is 12.1 Å². The third-order valence-corrected chi connectivity index (χ3v) is 4.84. The van der Waals surface area contributed by atoms with Crippen molar-refractivity contribution in [1.82, 2.24) is 9.88 Å². The number of nitrogens with zero attached hydrogens (tertiary/aromatic N) is 2. The molecule has 1 aliphatic rings. The minimum absolute atomic E-state index is 0.161. The molecule has 0 unspecified atom stereocenters. The summed E-state index contributed by atoms with van der Waals surface area (Å²) in [5.74, 6) is 0. The fourth-order valence-electron chi connectivity index (χ4n) is 2.14. The van der Waals surface area contributed by atoms with Gasteiger partial charge in [-0.05, 0) is 24.6 Å². The zero-order chi connectivity index (χ0) is 15.7. The van der Waals surface area contributed by atoms with E-state index in [1.807, 2.05) is 25.1 Å². The van der Waals surface area contributed by atoms with E-state index in [9.17, 15) is 4.79 Å². The molecular formula is C14H14Cl2N4OS. The summed E-state index contributed by atoms with van der Waals surface area (Å²) in [6.45, 7) is 3.24. The number of hydrogen-bond acceptors (Lipinski definition) is 4. The lowest BCUT2D eigenvalue weighted by molar-refractivity contribution is 0.171. The fraction of sp³-hybridized carbons (Fsp3) is 0.286. The highest BCUT2D eigenvalue weighted by Gasteiger charge is 2.31. The Kier molecular flexibility index (Phi) is 4.42. The molecule has 2 heterocycles. The molecule has 8 heteroatoms. The molecule has 0 bridgehead atoms. The average Bonchev–Trinajstić information content (AvgIpc) is 2.82. The van der Waals surface area contributed by atoms with Crippen LogP contribution in [0.4, 0.5) is 15.6 Å². The Morgan fingerprint density at radius 1 is 1.41 bits per heavy atom. The molecule has 1 fully saturated rings. The SMILES string of the molecule is Cc1ccc(NC2CN(C(=O)Nc3ncc(Cl)s3)C2)cc1Cl. The Labute approximate surface area is 142 Å². The summed E-state index contributed by atoms with van der Waals surface area (Å²) in [5.41, 5.74) is 2.01. The topological polar surface area (TPSA) is 57.3 Å². The van der Waals surface area contributed by atoms with Crippen molar-refractivity contribution in [2.24, 2.45) is 0 Å². The van der Waals surface area contributed by atoms with Crippen LogP contribution in [0.25, 0.3) is 0 Å². The van der Waals surface area contributed by atoms with Gasteiger partial charge in [-0.3, -0.25) is 5.32 Å². The number of nitrogens with one attached hydrogen (secondary N) is 2. The molecular weight excluding hydrogens is 343 g/mol. The normalized spacial score (nSPS) is 14.6. The Balaban J connectivity index is 1.49. The molecule has 0 saturated carbocycles. The monoisotopic (exact) mass is 356 g/mol. The number of thiazole rings is 1. The van der Waals surface area contributed by atoms with Crippen LogP contribution >= 0.6 is 34.5 Å². The van der Waals surface area contributed by atoms with Crippen LogP contribution < -0.4 is 10.6 Å². The summed E-state index contributed by atoms with van der Waals surface area (Å²) in [4.78, 5) is 17.7. The van der Waals surface area contributed by atoms with Gasteiger partial charge in [0.2, 0.25) is 0 Å². The van der Waals surface area contributed by atoms with Crippen molar-refractivity contribution in [3.63, 3.8) is 0 Å². The smallest absolute Gasteiger partial charge is 0.323 e. The summed E-state index contributed by atoms with van der Waals surface area (Å²) in [6, 6.07) is 5.93. The molecule has 1 saturated heterocycles. The van der Waals surface area contributed by atoms with E-state index in [1.165, 1.54) is 17.5 Å². The molecule has 3 rings (SSSR count). The summed E-state index contributed by atoms with van der Waals surface area (Å²) >= 11 is 13.1. The Hall–Kier alpha value is -1.50. The quantitative estimate of drug-likeness (QED) is 0.870. The molecule has 2 N–H and O–H groups in total. The molecule has 2 amide bonds. The van der Waals surface area contributed by atoms with Crippen LogP contribution in [-0.2, 0) is 0 Å². The zero-order valence-electron chi connectivity index (χ0n) is 11.8. The number of carbonyl (C=O) groups is 1. The maximum atomic E-state index is 12.0. The van der Waals surface area contributed by atoms with Gasteiger partial charge in [0.1, 0.15) is 4.34 Å². The second kappa shape index (κ2) is 6.32. The van der Waals surface area contributed by atoms with E-state index in [0.717, 1.165) is 16.3 Å². The number of urea groups is 1. The largest absolute Gasteiger partial charge is 0.379 e. The van der Waals surface area contributed by atoms with Crippen molar-refractivity contribution in [2.45, 2.75) is 13.0 Å². The molecule has 0 aliphatic carbocycles. The van der Waals surface area contributed by atoms with Crippen LogP contribution in [0.1, 0.15) is 5.56 Å². The van der Waals surface area contributed by atoms with Gasteiger partial charge in [0.15, 0.2) is 5.13 Å². The lowest BCUT2D eigenvalue weighted by atomic mass is 10.1. The van der Waals surface area contributed by atoms with Crippen LogP contribution in [0, 0.1) is 6.92 Å². The zero-order valence-corrected chi connectivity index (χ0v) is 14.1. The third-order valence-electron chi connectivity index (χ3n) is 3.40. The second-order valence-corrected chi connectivity index (χ2v) is 7.18. The molecule has 1 aromatic carbocycles. The van der Waals surface area contributed by atoms with Crippen LogP contribution in [-0.4, -0.2) is 35.0 Å². The average molecular weight is 357 g/mol. The van der Waals surface area contributed by atoms with E-state index >= 15 is 0 Å². The molecule has 2 aromatic rings. The summed E-state index contributed by atoms with van der Waals surface area (Å²) < 4.78 is 0.551. The van der Waals surface area contributed by atoms with Crippen molar-refractivity contribution in [1.29, 1.82) is 0 Å². The first-order chi connectivity index (χ1) is 10.5. The highest BCUT2D eigenvalue weighted by Crippen LogP contribution is 2.25. The fourth-order valence-corrected chi connectivity index (χ4v) is 3.12. The maximum Gasteiger partial charge on any atom is 0.323 e. The van der Waals surface area contributed by atoms with Crippen molar-refractivity contribution < 1.29 is 4.79 Å². The van der Waals surface area contributed by atoms with E-state index in [0.29, 0.717) is 22.6 Å². The van der Waals surface area contributed by atoms with Crippen LogP contribution in [0.15, 0.2) is 24.4 Å². The first-order valence-electron chi connectivity index (χ1n) is 6.71. The van der Waals surface area contributed by atoms with Gasteiger partial charge in [-0.15, -0.1) is 0 Å². The first kappa shape index (κ1) is 15.4. The Morgan fingerprint density at radius 2 is 2.18 bits per heavy atom. The van der Waals surface area contributed by atoms with E-state index in [4.69, 9.17) is 23.2 Å². The van der Waals surface area contributed by atoms with Crippen LogP contribution in [0.3, 0.4) is 0 Å². The first-order valence-corrected chi connectivity index (χ1v) is 8.28. The predicted octanol–water partition coefficient (Wildman–Crippen LogP) is 4.09. The number of aromatic nitrogens is 1. The van der Waals surface area contributed by atoms with E-state index in [1.54, 1.807) is 4.90 Å². The molecule has 22 heavy (non-hydrogen) atoms. The number of benzene rings is 1. The van der Waals surface area contributed by atoms with Gasteiger partial charge in [-0.1, -0.05) is 40.6 Å². The minimum Gasteiger partial charge on any atom is -0.379 e. The number of likely N-dealkylation sites (tertiary alicyclic amines) is 1. The van der Waals surface area contributed by atoms with Crippen molar-refractivity contribution in [3.8, 4) is 0 Å². The van der Waals surface area contributed by atoms with Gasteiger partial charge < -0.3 is 10.2 Å². The van der Waals surface area contributed by atoms with Crippen molar-refractivity contribution >= 4 is 51.4 Å². The predicted molar refractivity (Wildman–Crippen MR) is 91.3 cm³/mol. The Morgan fingerprint density at radius 3 is 2.82 bits per heavy atom. The number of rotatable bonds is 3. The number of hydrogen-bond donors (Lipinski definition) is 2. The molecule has 0 atom stereocenters. The van der Waals surface area contributed by atoms with Crippen LogP contribution in [0.2, 0.25) is 9.36 Å². The number of amides is 2. The van der Waals surface area contributed by atoms with Crippen molar-refractivity contribution in [2.75, 3.05) is 23.7 Å².